The first-order valence-corrected chi connectivity index (χ1v) is 8.41. The second-order valence-corrected chi connectivity index (χ2v) is 6.47. The van der Waals surface area contributed by atoms with E-state index >= 15 is 0 Å². The molecule has 0 bridgehead atoms. The monoisotopic (exact) mass is 377 g/mol. The number of ether oxygens (including phenoxy) is 1. The van der Waals surface area contributed by atoms with Crippen LogP contribution in [0.25, 0.3) is 11.3 Å². The highest BCUT2D eigenvalue weighted by atomic mass is 35.5. The molecule has 1 aromatic carbocycles. The highest BCUT2D eigenvalue weighted by Gasteiger charge is 2.25. The van der Waals surface area contributed by atoms with Crippen LogP contribution in [0, 0.1) is 5.92 Å². The Morgan fingerprint density at radius 3 is 2.42 bits per heavy atom. The Hall–Kier alpha value is -2.67. The Kier molecular flexibility index (Phi) is 6.52. The zero-order valence-corrected chi connectivity index (χ0v) is 15.5. The number of nitrogens with one attached hydrogen (secondary N) is 1. The number of rotatable bonds is 6. The van der Waals surface area contributed by atoms with Crippen molar-refractivity contribution in [1.29, 1.82) is 0 Å². The van der Waals surface area contributed by atoms with Crippen LogP contribution in [0.2, 0.25) is 5.02 Å². The molecule has 0 aliphatic rings. The van der Waals surface area contributed by atoms with Crippen molar-refractivity contribution in [1.82, 2.24) is 15.1 Å². The van der Waals surface area contributed by atoms with E-state index in [4.69, 9.17) is 11.6 Å². The van der Waals surface area contributed by atoms with Gasteiger partial charge in [-0.1, -0.05) is 37.6 Å². The van der Waals surface area contributed by atoms with Gasteiger partial charge in [-0.15, -0.1) is 0 Å². The van der Waals surface area contributed by atoms with E-state index in [1.165, 1.54) is 13.2 Å². The minimum atomic E-state index is -0.789. The van der Waals surface area contributed by atoms with Gasteiger partial charge in [0.15, 0.2) is 0 Å². The molecule has 0 saturated heterocycles. The fraction of sp³-hybridized carbons (Fsp3) is 0.333. The molecule has 1 amide bonds. The lowest BCUT2D eigenvalue weighted by atomic mass is 10.0. The summed E-state index contributed by atoms with van der Waals surface area (Å²) < 4.78 is 5.74. The molecular formula is C18H20ClN3O4. The lowest BCUT2D eigenvalue weighted by molar-refractivity contribution is -0.146. The van der Waals surface area contributed by atoms with Gasteiger partial charge in [0.1, 0.15) is 12.6 Å². The summed E-state index contributed by atoms with van der Waals surface area (Å²) in [5.41, 5.74) is 0.873. The first-order valence-electron chi connectivity index (χ1n) is 8.03. The number of halogens is 1. The fourth-order valence-electron chi connectivity index (χ4n) is 2.32. The van der Waals surface area contributed by atoms with Gasteiger partial charge in [-0.3, -0.25) is 9.59 Å². The number of nitrogens with zero attached hydrogens (tertiary/aromatic N) is 2. The van der Waals surface area contributed by atoms with Gasteiger partial charge in [-0.05, 0) is 24.1 Å². The Morgan fingerprint density at radius 1 is 1.19 bits per heavy atom. The zero-order chi connectivity index (χ0) is 19.3. The van der Waals surface area contributed by atoms with Crippen LogP contribution in [-0.2, 0) is 20.9 Å². The van der Waals surface area contributed by atoms with Gasteiger partial charge in [0, 0.05) is 16.7 Å². The molecule has 0 aliphatic carbocycles. The number of hydrogen-bond donors (Lipinski definition) is 1. The number of aromatic nitrogens is 2. The molecule has 1 atom stereocenters. The third kappa shape index (κ3) is 4.92. The average Bonchev–Trinajstić information content (AvgIpc) is 2.61. The number of esters is 1. The van der Waals surface area contributed by atoms with Gasteiger partial charge < -0.3 is 10.1 Å². The molecule has 0 aliphatic heterocycles. The summed E-state index contributed by atoms with van der Waals surface area (Å²) in [4.78, 5) is 36.0. The molecule has 0 fully saturated rings. The standard InChI is InChI=1S/C18H20ClN3O4/c1-11(2)17(18(25)26-3)20-15(23)10-22-16(24)9-8-14(21-22)12-4-6-13(19)7-5-12/h4-9,11,17H,10H2,1-3H3,(H,20,23). The summed E-state index contributed by atoms with van der Waals surface area (Å²) in [6, 6.07) is 9.09. The molecule has 2 aromatic rings. The van der Waals surface area contributed by atoms with E-state index in [0.717, 1.165) is 10.2 Å². The van der Waals surface area contributed by atoms with E-state index in [1.54, 1.807) is 44.2 Å². The molecule has 138 valence electrons. The van der Waals surface area contributed by atoms with Crippen molar-refractivity contribution in [3.8, 4) is 11.3 Å². The summed E-state index contributed by atoms with van der Waals surface area (Å²) in [6.07, 6.45) is 0. The molecule has 0 radical (unpaired) electrons. The molecular weight excluding hydrogens is 358 g/mol. The third-order valence-corrected chi connectivity index (χ3v) is 3.99. The van der Waals surface area contributed by atoms with Crippen LogP contribution < -0.4 is 10.9 Å². The second kappa shape index (κ2) is 8.62. The molecule has 1 N–H and O–H groups in total. The van der Waals surface area contributed by atoms with E-state index in [1.807, 2.05) is 0 Å². The molecule has 8 heteroatoms. The van der Waals surface area contributed by atoms with Crippen molar-refractivity contribution in [3.63, 3.8) is 0 Å². The predicted molar refractivity (Wildman–Crippen MR) is 97.7 cm³/mol. The summed E-state index contributed by atoms with van der Waals surface area (Å²) in [7, 11) is 1.26. The summed E-state index contributed by atoms with van der Waals surface area (Å²) in [5.74, 6) is -1.20. The van der Waals surface area contributed by atoms with Crippen molar-refractivity contribution in [2.45, 2.75) is 26.4 Å². The molecule has 0 spiro atoms. The molecule has 1 aromatic heterocycles. The SMILES string of the molecule is COC(=O)C(NC(=O)Cn1nc(-c2ccc(Cl)cc2)ccc1=O)C(C)C. The van der Waals surface area contributed by atoms with Crippen LogP contribution in [0.5, 0.6) is 0 Å². The normalized spacial score (nSPS) is 11.9. The fourth-order valence-corrected chi connectivity index (χ4v) is 2.44. The maximum Gasteiger partial charge on any atom is 0.328 e. The van der Waals surface area contributed by atoms with Gasteiger partial charge in [0.05, 0.1) is 12.8 Å². The third-order valence-electron chi connectivity index (χ3n) is 3.74. The molecule has 1 unspecified atom stereocenters. The van der Waals surface area contributed by atoms with E-state index < -0.39 is 23.5 Å². The Balaban J connectivity index is 2.19. The van der Waals surface area contributed by atoms with E-state index in [-0.39, 0.29) is 12.5 Å². The Morgan fingerprint density at radius 2 is 1.85 bits per heavy atom. The molecule has 26 heavy (non-hydrogen) atoms. The number of methoxy groups -OCH3 is 1. The van der Waals surface area contributed by atoms with Crippen molar-refractivity contribution >= 4 is 23.5 Å². The Labute approximate surface area is 155 Å². The van der Waals surface area contributed by atoms with Gasteiger partial charge >= 0.3 is 5.97 Å². The Bertz CT molecular complexity index is 846. The maximum absolute atomic E-state index is 12.3. The van der Waals surface area contributed by atoms with Crippen molar-refractivity contribution in [3.05, 3.63) is 51.8 Å². The van der Waals surface area contributed by atoms with Gasteiger partial charge in [0.2, 0.25) is 5.91 Å². The molecule has 0 saturated carbocycles. The summed E-state index contributed by atoms with van der Waals surface area (Å²) in [6.45, 7) is 3.27. The number of hydrogen-bond acceptors (Lipinski definition) is 5. The van der Waals surface area contributed by atoms with Crippen molar-refractivity contribution in [2.24, 2.45) is 5.92 Å². The highest BCUT2D eigenvalue weighted by Crippen LogP contribution is 2.18. The van der Waals surface area contributed by atoms with Gasteiger partial charge in [-0.25, -0.2) is 9.48 Å². The lowest BCUT2D eigenvalue weighted by Crippen LogP contribution is -2.47. The van der Waals surface area contributed by atoms with Crippen LogP contribution in [0.3, 0.4) is 0 Å². The van der Waals surface area contributed by atoms with Crippen LogP contribution in [-0.4, -0.2) is 34.8 Å². The van der Waals surface area contributed by atoms with Crippen molar-refractivity contribution < 1.29 is 14.3 Å². The van der Waals surface area contributed by atoms with Gasteiger partial charge in [0.25, 0.3) is 5.56 Å². The van der Waals surface area contributed by atoms with Crippen LogP contribution >= 0.6 is 11.6 Å². The van der Waals surface area contributed by atoms with Crippen LogP contribution in [0.1, 0.15) is 13.8 Å². The first kappa shape index (κ1) is 19.7. The molecule has 1 heterocycles. The summed E-state index contributed by atoms with van der Waals surface area (Å²) >= 11 is 5.87. The first-order chi connectivity index (χ1) is 12.3. The van der Waals surface area contributed by atoms with Crippen LogP contribution in [0.15, 0.2) is 41.2 Å². The second-order valence-electron chi connectivity index (χ2n) is 6.03. The number of carbonyl (C=O) groups is 2. The minimum Gasteiger partial charge on any atom is -0.467 e. The predicted octanol–water partition coefficient (Wildman–Crippen LogP) is 1.88. The van der Waals surface area contributed by atoms with E-state index in [2.05, 4.69) is 15.2 Å². The van der Waals surface area contributed by atoms with E-state index in [9.17, 15) is 14.4 Å². The van der Waals surface area contributed by atoms with Gasteiger partial charge in [-0.2, -0.15) is 5.10 Å². The number of carbonyl (C=O) groups excluding carboxylic acids is 2. The highest BCUT2D eigenvalue weighted by molar-refractivity contribution is 6.30. The topological polar surface area (TPSA) is 90.3 Å². The molecule has 7 nitrogen and oxygen atoms in total. The number of benzene rings is 1. The number of amides is 1. The zero-order valence-electron chi connectivity index (χ0n) is 14.7. The maximum atomic E-state index is 12.3. The average molecular weight is 378 g/mol. The van der Waals surface area contributed by atoms with Crippen molar-refractivity contribution in [2.75, 3.05) is 7.11 Å². The largest absolute Gasteiger partial charge is 0.467 e. The van der Waals surface area contributed by atoms with E-state index in [0.29, 0.717) is 10.7 Å². The summed E-state index contributed by atoms with van der Waals surface area (Å²) in [5, 5.41) is 7.38. The quantitative estimate of drug-likeness (QED) is 0.776. The van der Waals surface area contributed by atoms with Crippen LogP contribution in [0.4, 0.5) is 0 Å². The molecule has 2 rings (SSSR count). The minimum absolute atomic E-state index is 0.156. The smallest absolute Gasteiger partial charge is 0.328 e. The lowest BCUT2D eigenvalue weighted by Gasteiger charge is -2.19.